The van der Waals surface area contributed by atoms with E-state index in [4.69, 9.17) is 11.5 Å². The fourth-order valence-corrected chi connectivity index (χ4v) is 2.03. The zero-order chi connectivity index (χ0) is 12.4. The summed E-state index contributed by atoms with van der Waals surface area (Å²) in [4.78, 5) is 22.8. The van der Waals surface area contributed by atoms with E-state index in [0.29, 0.717) is 0 Å². The Kier molecular flexibility index (Phi) is 3.57. The third kappa shape index (κ3) is 3.20. The summed E-state index contributed by atoms with van der Waals surface area (Å²) < 4.78 is 0. The van der Waals surface area contributed by atoms with Crippen LogP contribution in [-0.2, 0) is 9.59 Å². The Hall–Kier alpha value is -1.10. The summed E-state index contributed by atoms with van der Waals surface area (Å²) in [6.07, 6.45) is 4.16. The smallest absolute Gasteiger partial charge is 0.242 e. The molecule has 0 saturated heterocycles. The van der Waals surface area contributed by atoms with Crippen molar-refractivity contribution in [1.82, 2.24) is 5.32 Å². The standard InChI is InChI=1S/C11H21N3O2/c1-10(2,9(12)16)14-8(15)7-11(13)5-3-4-6-11/h3-7,13H2,1-2H3,(H2,12,16)(H,14,15). The monoisotopic (exact) mass is 227 g/mol. The van der Waals surface area contributed by atoms with Gasteiger partial charge in [0.1, 0.15) is 5.54 Å². The predicted octanol–water partition coefficient (Wildman–Crippen LogP) is 0.0281. The first-order valence-corrected chi connectivity index (χ1v) is 5.65. The number of hydrogen-bond acceptors (Lipinski definition) is 3. The summed E-state index contributed by atoms with van der Waals surface area (Å²) in [5.41, 5.74) is 9.85. The molecule has 0 aromatic carbocycles. The molecule has 5 heteroatoms. The largest absolute Gasteiger partial charge is 0.368 e. The number of rotatable bonds is 4. The number of carbonyl (C=O) groups excluding carboxylic acids is 2. The highest BCUT2D eigenvalue weighted by molar-refractivity contribution is 5.89. The molecule has 1 fully saturated rings. The van der Waals surface area contributed by atoms with Gasteiger partial charge in [0.25, 0.3) is 0 Å². The molecule has 0 bridgehead atoms. The molecular formula is C11H21N3O2. The van der Waals surface area contributed by atoms with Crippen LogP contribution in [0.5, 0.6) is 0 Å². The van der Waals surface area contributed by atoms with Crippen molar-refractivity contribution < 1.29 is 9.59 Å². The minimum absolute atomic E-state index is 0.201. The zero-order valence-corrected chi connectivity index (χ0v) is 10.0. The SMILES string of the molecule is CC(C)(NC(=O)CC1(N)CCCC1)C(N)=O. The summed E-state index contributed by atoms with van der Waals surface area (Å²) in [6, 6.07) is 0. The molecule has 0 atom stereocenters. The first kappa shape index (κ1) is 13.0. The zero-order valence-electron chi connectivity index (χ0n) is 10.0. The molecule has 92 valence electrons. The van der Waals surface area contributed by atoms with Gasteiger partial charge in [-0.1, -0.05) is 12.8 Å². The molecule has 2 amide bonds. The fraction of sp³-hybridized carbons (Fsp3) is 0.818. The lowest BCUT2D eigenvalue weighted by Gasteiger charge is -2.27. The van der Waals surface area contributed by atoms with Crippen LogP contribution in [0, 0.1) is 0 Å². The molecule has 5 N–H and O–H groups in total. The Bertz CT molecular complexity index is 294. The Morgan fingerprint density at radius 2 is 1.81 bits per heavy atom. The molecule has 0 spiro atoms. The Labute approximate surface area is 95.9 Å². The highest BCUT2D eigenvalue weighted by Crippen LogP contribution is 2.30. The van der Waals surface area contributed by atoms with E-state index in [1.807, 2.05) is 0 Å². The van der Waals surface area contributed by atoms with Crippen LogP contribution < -0.4 is 16.8 Å². The number of primary amides is 1. The average molecular weight is 227 g/mol. The molecule has 0 unspecified atom stereocenters. The quantitative estimate of drug-likeness (QED) is 0.631. The van der Waals surface area contributed by atoms with Crippen LogP contribution in [0.4, 0.5) is 0 Å². The molecule has 1 saturated carbocycles. The van der Waals surface area contributed by atoms with E-state index in [2.05, 4.69) is 5.32 Å². The molecular weight excluding hydrogens is 206 g/mol. The lowest BCUT2D eigenvalue weighted by atomic mass is 9.93. The topological polar surface area (TPSA) is 98.2 Å². The number of hydrogen-bond donors (Lipinski definition) is 3. The third-order valence-electron chi connectivity index (χ3n) is 3.18. The van der Waals surface area contributed by atoms with Crippen molar-refractivity contribution in [3.8, 4) is 0 Å². The van der Waals surface area contributed by atoms with E-state index in [1.54, 1.807) is 13.8 Å². The van der Waals surface area contributed by atoms with Gasteiger partial charge >= 0.3 is 0 Å². The Morgan fingerprint density at radius 1 is 1.31 bits per heavy atom. The van der Waals surface area contributed by atoms with Crippen molar-refractivity contribution in [2.45, 2.75) is 57.0 Å². The van der Waals surface area contributed by atoms with Crippen LogP contribution in [0.3, 0.4) is 0 Å². The second-order valence-electron chi connectivity index (χ2n) is 5.28. The van der Waals surface area contributed by atoms with Gasteiger partial charge in [-0.3, -0.25) is 9.59 Å². The molecule has 1 rings (SSSR count). The van der Waals surface area contributed by atoms with E-state index >= 15 is 0 Å². The number of nitrogens with one attached hydrogen (secondary N) is 1. The highest BCUT2D eigenvalue weighted by atomic mass is 16.2. The van der Waals surface area contributed by atoms with Crippen molar-refractivity contribution in [2.24, 2.45) is 11.5 Å². The van der Waals surface area contributed by atoms with Crippen molar-refractivity contribution in [3.05, 3.63) is 0 Å². The first-order valence-electron chi connectivity index (χ1n) is 5.65. The second kappa shape index (κ2) is 4.41. The summed E-state index contributed by atoms with van der Waals surface area (Å²) in [5.74, 6) is -0.744. The predicted molar refractivity (Wildman–Crippen MR) is 61.4 cm³/mol. The van der Waals surface area contributed by atoms with Gasteiger partial charge in [-0.15, -0.1) is 0 Å². The lowest BCUT2D eigenvalue weighted by Crippen LogP contribution is -2.55. The Morgan fingerprint density at radius 3 is 2.25 bits per heavy atom. The average Bonchev–Trinajstić information content (AvgIpc) is 2.49. The van der Waals surface area contributed by atoms with Crippen molar-refractivity contribution >= 4 is 11.8 Å². The van der Waals surface area contributed by atoms with Crippen LogP contribution in [0.25, 0.3) is 0 Å². The summed E-state index contributed by atoms with van der Waals surface area (Å²) in [6.45, 7) is 3.18. The maximum absolute atomic E-state index is 11.7. The van der Waals surface area contributed by atoms with Gasteiger partial charge in [-0.05, 0) is 26.7 Å². The minimum atomic E-state index is -1.01. The normalized spacial score (nSPS) is 19.4. The molecule has 0 aromatic heterocycles. The van der Waals surface area contributed by atoms with Crippen molar-refractivity contribution in [2.75, 3.05) is 0 Å². The molecule has 0 aromatic rings. The first-order chi connectivity index (χ1) is 7.25. The van der Waals surface area contributed by atoms with Crippen LogP contribution in [0.15, 0.2) is 0 Å². The van der Waals surface area contributed by atoms with Gasteiger partial charge in [0.2, 0.25) is 11.8 Å². The van der Waals surface area contributed by atoms with Crippen LogP contribution in [-0.4, -0.2) is 22.9 Å². The lowest BCUT2D eigenvalue weighted by molar-refractivity contribution is -0.131. The molecule has 1 aliphatic carbocycles. The van der Waals surface area contributed by atoms with Gasteiger partial charge in [-0.25, -0.2) is 0 Å². The van der Waals surface area contributed by atoms with Gasteiger partial charge in [-0.2, -0.15) is 0 Å². The Balaban J connectivity index is 2.50. The highest BCUT2D eigenvalue weighted by Gasteiger charge is 2.34. The fourth-order valence-electron chi connectivity index (χ4n) is 2.03. The van der Waals surface area contributed by atoms with Crippen molar-refractivity contribution in [1.29, 1.82) is 0 Å². The molecule has 16 heavy (non-hydrogen) atoms. The molecule has 1 aliphatic rings. The molecule has 0 aliphatic heterocycles. The molecule has 0 radical (unpaired) electrons. The maximum Gasteiger partial charge on any atom is 0.242 e. The van der Waals surface area contributed by atoms with Crippen LogP contribution in [0.1, 0.15) is 46.0 Å². The molecule has 5 nitrogen and oxygen atoms in total. The van der Waals surface area contributed by atoms with Crippen molar-refractivity contribution in [3.63, 3.8) is 0 Å². The number of carbonyl (C=O) groups is 2. The van der Waals surface area contributed by atoms with Gasteiger partial charge in [0.15, 0.2) is 0 Å². The third-order valence-corrected chi connectivity index (χ3v) is 3.18. The molecule has 0 heterocycles. The van der Waals surface area contributed by atoms with E-state index in [-0.39, 0.29) is 12.3 Å². The maximum atomic E-state index is 11.7. The van der Waals surface area contributed by atoms with Gasteiger partial charge in [0.05, 0.1) is 0 Å². The van der Waals surface area contributed by atoms with E-state index in [0.717, 1.165) is 25.7 Å². The van der Waals surface area contributed by atoms with E-state index in [1.165, 1.54) is 0 Å². The van der Waals surface area contributed by atoms with Crippen LogP contribution >= 0.6 is 0 Å². The summed E-state index contributed by atoms with van der Waals surface area (Å²) in [7, 11) is 0. The number of amides is 2. The summed E-state index contributed by atoms with van der Waals surface area (Å²) in [5, 5.41) is 2.61. The van der Waals surface area contributed by atoms with Crippen LogP contribution in [0.2, 0.25) is 0 Å². The van der Waals surface area contributed by atoms with Gasteiger partial charge < -0.3 is 16.8 Å². The van der Waals surface area contributed by atoms with Gasteiger partial charge in [0, 0.05) is 12.0 Å². The van der Waals surface area contributed by atoms with E-state index in [9.17, 15) is 9.59 Å². The summed E-state index contributed by atoms with van der Waals surface area (Å²) >= 11 is 0. The minimum Gasteiger partial charge on any atom is -0.368 e. The second-order valence-corrected chi connectivity index (χ2v) is 5.28. The van der Waals surface area contributed by atoms with E-state index < -0.39 is 17.0 Å². The number of nitrogens with two attached hydrogens (primary N) is 2.